The van der Waals surface area contributed by atoms with Gasteiger partial charge in [-0.05, 0) is 24.3 Å². The number of hydrogen-bond donors (Lipinski definition) is 2. The number of rotatable bonds is 4. The maximum absolute atomic E-state index is 11.9. The van der Waals surface area contributed by atoms with Gasteiger partial charge in [-0.2, -0.15) is 0 Å². The van der Waals surface area contributed by atoms with Crippen LogP contribution in [0.15, 0.2) is 53.6 Å². The summed E-state index contributed by atoms with van der Waals surface area (Å²) in [6, 6.07) is 10.4. The number of carbonyl (C=O) groups excluding carboxylic acids is 1. The third kappa shape index (κ3) is 3.19. The van der Waals surface area contributed by atoms with E-state index in [1.165, 1.54) is 30.5 Å². The molecular formula is C13H12N2O4S. The largest absolute Gasteiger partial charge is 0.390 e. The normalized spacial score (nSPS) is 11.1. The highest BCUT2D eigenvalue weighted by molar-refractivity contribution is 7.90. The van der Waals surface area contributed by atoms with Crippen LogP contribution >= 0.6 is 0 Å². The first-order chi connectivity index (χ1) is 9.53. The van der Waals surface area contributed by atoms with Crippen molar-refractivity contribution in [3.05, 3.63) is 59.9 Å². The Bertz CT molecular complexity index is 697. The molecule has 1 amide bonds. The summed E-state index contributed by atoms with van der Waals surface area (Å²) < 4.78 is 25.9. The molecule has 0 spiro atoms. The van der Waals surface area contributed by atoms with Crippen molar-refractivity contribution in [3.8, 4) is 0 Å². The Morgan fingerprint density at radius 1 is 1.15 bits per heavy atom. The van der Waals surface area contributed by atoms with Crippen LogP contribution in [0, 0.1) is 0 Å². The summed E-state index contributed by atoms with van der Waals surface area (Å²) in [5, 5.41) is 8.84. The number of aliphatic hydroxyl groups excluding tert-OH is 1. The van der Waals surface area contributed by atoms with Crippen LogP contribution in [-0.4, -0.2) is 24.4 Å². The molecular weight excluding hydrogens is 280 g/mol. The molecule has 0 aliphatic rings. The molecule has 1 aromatic carbocycles. The maximum atomic E-state index is 11.9. The molecule has 1 heterocycles. The van der Waals surface area contributed by atoms with Gasteiger partial charge >= 0.3 is 0 Å². The van der Waals surface area contributed by atoms with Crippen LogP contribution in [0.25, 0.3) is 0 Å². The number of aliphatic hydroxyl groups is 1. The van der Waals surface area contributed by atoms with E-state index in [0.717, 1.165) is 0 Å². The highest BCUT2D eigenvalue weighted by Crippen LogP contribution is 2.08. The summed E-state index contributed by atoms with van der Waals surface area (Å²) >= 11 is 0. The van der Waals surface area contributed by atoms with Crippen LogP contribution in [-0.2, 0) is 16.6 Å². The first-order valence-corrected chi connectivity index (χ1v) is 7.19. The van der Waals surface area contributed by atoms with Crippen LogP contribution in [0.4, 0.5) is 0 Å². The van der Waals surface area contributed by atoms with Gasteiger partial charge in [0, 0.05) is 6.20 Å². The van der Waals surface area contributed by atoms with Crippen LogP contribution in [0.3, 0.4) is 0 Å². The number of pyridine rings is 1. The molecule has 7 heteroatoms. The predicted molar refractivity (Wildman–Crippen MR) is 71.3 cm³/mol. The standard InChI is InChI=1S/C13H12N2O4S/c16-9-11-7-6-10(8-14-11)13(17)15-20(18,19)12-4-2-1-3-5-12/h1-8,16H,9H2,(H,15,17). The van der Waals surface area contributed by atoms with Crippen molar-refractivity contribution in [1.29, 1.82) is 0 Å². The molecule has 0 fully saturated rings. The SMILES string of the molecule is O=C(NS(=O)(=O)c1ccccc1)c1ccc(CO)nc1. The first kappa shape index (κ1) is 14.2. The molecule has 0 unspecified atom stereocenters. The molecule has 104 valence electrons. The quantitative estimate of drug-likeness (QED) is 0.864. The van der Waals surface area contributed by atoms with E-state index in [9.17, 15) is 13.2 Å². The average molecular weight is 292 g/mol. The fourth-order valence-electron chi connectivity index (χ4n) is 1.49. The lowest BCUT2D eigenvalue weighted by Crippen LogP contribution is -2.30. The van der Waals surface area contributed by atoms with Gasteiger partial charge < -0.3 is 5.11 Å². The van der Waals surface area contributed by atoms with Crippen molar-refractivity contribution < 1.29 is 18.3 Å². The van der Waals surface area contributed by atoms with Crippen molar-refractivity contribution in [2.75, 3.05) is 0 Å². The lowest BCUT2D eigenvalue weighted by Gasteiger charge is -2.06. The number of benzene rings is 1. The Kier molecular flexibility index (Phi) is 4.11. The Labute approximate surface area is 116 Å². The van der Waals surface area contributed by atoms with Gasteiger partial charge in [0.25, 0.3) is 15.9 Å². The van der Waals surface area contributed by atoms with Crippen molar-refractivity contribution in [1.82, 2.24) is 9.71 Å². The summed E-state index contributed by atoms with van der Waals surface area (Å²) in [4.78, 5) is 15.7. The number of nitrogens with one attached hydrogen (secondary N) is 1. The molecule has 20 heavy (non-hydrogen) atoms. The smallest absolute Gasteiger partial charge is 0.266 e. The molecule has 0 radical (unpaired) electrons. The van der Waals surface area contributed by atoms with E-state index in [-0.39, 0.29) is 17.1 Å². The summed E-state index contributed by atoms with van der Waals surface area (Å²) in [7, 11) is -3.90. The lowest BCUT2D eigenvalue weighted by molar-refractivity contribution is 0.0981. The van der Waals surface area contributed by atoms with E-state index in [0.29, 0.717) is 5.69 Å². The van der Waals surface area contributed by atoms with Gasteiger partial charge in [-0.15, -0.1) is 0 Å². The van der Waals surface area contributed by atoms with Crippen molar-refractivity contribution in [2.45, 2.75) is 11.5 Å². The van der Waals surface area contributed by atoms with E-state index in [1.807, 2.05) is 4.72 Å². The Hall–Kier alpha value is -2.25. The molecule has 0 saturated carbocycles. The molecule has 2 aromatic rings. The maximum Gasteiger partial charge on any atom is 0.266 e. The molecule has 0 saturated heterocycles. The molecule has 6 nitrogen and oxygen atoms in total. The first-order valence-electron chi connectivity index (χ1n) is 5.71. The topological polar surface area (TPSA) is 96.4 Å². The van der Waals surface area contributed by atoms with Crippen LogP contribution in [0.5, 0.6) is 0 Å². The molecule has 2 rings (SSSR count). The average Bonchev–Trinajstić information content (AvgIpc) is 2.48. The Balaban J connectivity index is 2.18. The molecule has 2 N–H and O–H groups in total. The summed E-state index contributed by atoms with van der Waals surface area (Å²) in [5.41, 5.74) is 0.495. The van der Waals surface area contributed by atoms with Crippen molar-refractivity contribution in [3.63, 3.8) is 0 Å². The fourth-order valence-corrected chi connectivity index (χ4v) is 2.49. The van der Waals surface area contributed by atoms with Gasteiger partial charge in [0.2, 0.25) is 0 Å². The van der Waals surface area contributed by atoms with E-state index in [1.54, 1.807) is 18.2 Å². The molecule has 0 aliphatic heterocycles. The third-order valence-corrected chi connectivity index (χ3v) is 3.88. The molecule has 0 bridgehead atoms. The second kappa shape index (κ2) is 5.81. The van der Waals surface area contributed by atoms with Crippen LogP contribution in [0.2, 0.25) is 0 Å². The predicted octanol–water partition coefficient (Wildman–Crippen LogP) is 0.693. The van der Waals surface area contributed by atoms with Gasteiger partial charge in [0.15, 0.2) is 0 Å². The van der Waals surface area contributed by atoms with Crippen molar-refractivity contribution in [2.24, 2.45) is 0 Å². The summed E-state index contributed by atoms with van der Waals surface area (Å²) in [6.07, 6.45) is 1.21. The Morgan fingerprint density at radius 2 is 1.85 bits per heavy atom. The van der Waals surface area contributed by atoms with Crippen LogP contribution in [0.1, 0.15) is 16.1 Å². The van der Waals surface area contributed by atoms with E-state index in [2.05, 4.69) is 4.98 Å². The monoisotopic (exact) mass is 292 g/mol. The number of carbonyl (C=O) groups is 1. The van der Waals surface area contributed by atoms with E-state index >= 15 is 0 Å². The minimum Gasteiger partial charge on any atom is -0.390 e. The third-order valence-electron chi connectivity index (χ3n) is 2.53. The minimum atomic E-state index is -3.90. The number of sulfonamides is 1. The van der Waals surface area contributed by atoms with Gasteiger partial charge in [-0.3, -0.25) is 9.78 Å². The molecule has 0 atom stereocenters. The zero-order chi connectivity index (χ0) is 14.6. The van der Waals surface area contributed by atoms with Crippen LogP contribution < -0.4 is 4.72 Å². The number of aromatic nitrogens is 1. The lowest BCUT2D eigenvalue weighted by atomic mass is 10.2. The van der Waals surface area contributed by atoms with E-state index < -0.39 is 15.9 Å². The van der Waals surface area contributed by atoms with Gasteiger partial charge in [-0.25, -0.2) is 13.1 Å². The van der Waals surface area contributed by atoms with Gasteiger partial charge in [-0.1, -0.05) is 18.2 Å². The second-order valence-electron chi connectivity index (χ2n) is 3.94. The molecule has 0 aliphatic carbocycles. The number of hydrogen-bond acceptors (Lipinski definition) is 5. The second-order valence-corrected chi connectivity index (χ2v) is 5.63. The highest BCUT2D eigenvalue weighted by Gasteiger charge is 2.18. The van der Waals surface area contributed by atoms with Gasteiger partial charge in [0.1, 0.15) is 0 Å². The summed E-state index contributed by atoms with van der Waals surface area (Å²) in [6.45, 7) is -0.246. The molecule has 1 aromatic heterocycles. The minimum absolute atomic E-state index is 0.00767. The summed E-state index contributed by atoms with van der Waals surface area (Å²) in [5.74, 6) is -0.772. The number of nitrogens with zero attached hydrogens (tertiary/aromatic N) is 1. The zero-order valence-corrected chi connectivity index (χ0v) is 11.2. The zero-order valence-electron chi connectivity index (χ0n) is 10.4. The van der Waals surface area contributed by atoms with Gasteiger partial charge in [0.05, 0.1) is 22.8 Å². The number of amides is 1. The Morgan fingerprint density at radius 3 is 2.40 bits per heavy atom. The highest BCUT2D eigenvalue weighted by atomic mass is 32.2. The fraction of sp³-hybridized carbons (Fsp3) is 0.0769. The van der Waals surface area contributed by atoms with E-state index in [4.69, 9.17) is 5.11 Å². The van der Waals surface area contributed by atoms with Crippen molar-refractivity contribution >= 4 is 15.9 Å².